The standard InChI is InChI=1S/C16H20N4O2/c1-19-9-13-12(3-4-14(17)16(13)15(19)10-22)11-7-18-20(8-11)5-2-6-21/h3-4,7-8,10,15,21H,2,5-6,9,17H2,1H3. The monoisotopic (exact) mass is 300 g/mol. The van der Waals surface area contributed by atoms with Gasteiger partial charge in [-0.15, -0.1) is 0 Å². The Kier molecular flexibility index (Phi) is 3.96. The third kappa shape index (κ3) is 2.40. The van der Waals surface area contributed by atoms with E-state index in [0.29, 0.717) is 25.2 Å². The highest BCUT2D eigenvalue weighted by Crippen LogP contribution is 2.40. The number of nitrogen functional groups attached to an aromatic ring is 1. The molecular weight excluding hydrogens is 280 g/mol. The van der Waals surface area contributed by atoms with Crippen molar-refractivity contribution in [2.75, 3.05) is 19.4 Å². The Hall–Kier alpha value is -2.18. The number of hydrogen-bond acceptors (Lipinski definition) is 5. The normalized spacial score (nSPS) is 17.6. The minimum atomic E-state index is -0.278. The van der Waals surface area contributed by atoms with Crippen molar-refractivity contribution in [1.29, 1.82) is 0 Å². The second kappa shape index (κ2) is 5.90. The smallest absolute Gasteiger partial charge is 0.141 e. The lowest BCUT2D eigenvalue weighted by Gasteiger charge is -2.14. The van der Waals surface area contributed by atoms with E-state index >= 15 is 0 Å². The maximum Gasteiger partial charge on any atom is 0.141 e. The van der Waals surface area contributed by atoms with E-state index in [1.54, 1.807) is 0 Å². The van der Waals surface area contributed by atoms with E-state index in [9.17, 15) is 4.79 Å². The molecular formula is C16H20N4O2. The fraction of sp³-hybridized carbons (Fsp3) is 0.375. The average molecular weight is 300 g/mol. The summed E-state index contributed by atoms with van der Waals surface area (Å²) in [4.78, 5) is 13.4. The molecule has 116 valence electrons. The zero-order chi connectivity index (χ0) is 15.7. The molecule has 6 nitrogen and oxygen atoms in total. The van der Waals surface area contributed by atoms with Gasteiger partial charge >= 0.3 is 0 Å². The van der Waals surface area contributed by atoms with Crippen LogP contribution in [0.3, 0.4) is 0 Å². The number of carbonyl (C=O) groups is 1. The van der Waals surface area contributed by atoms with Crippen LogP contribution in [0.25, 0.3) is 11.1 Å². The van der Waals surface area contributed by atoms with Crippen LogP contribution < -0.4 is 5.73 Å². The molecule has 3 rings (SSSR count). The summed E-state index contributed by atoms with van der Waals surface area (Å²) in [6.07, 6.45) is 5.40. The fourth-order valence-electron chi connectivity index (χ4n) is 3.07. The molecule has 0 amide bonds. The molecule has 1 aromatic heterocycles. The van der Waals surface area contributed by atoms with Gasteiger partial charge in [-0.2, -0.15) is 5.10 Å². The SMILES string of the molecule is CN1Cc2c(-c3cnn(CCCO)c3)ccc(N)c2C1C=O. The van der Waals surface area contributed by atoms with Crippen LogP contribution in [0.5, 0.6) is 0 Å². The first-order chi connectivity index (χ1) is 10.7. The maximum atomic E-state index is 11.4. The molecule has 0 bridgehead atoms. The van der Waals surface area contributed by atoms with Crippen molar-refractivity contribution in [3.8, 4) is 11.1 Å². The van der Waals surface area contributed by atoms with Crippen molar-refractivity contribution in [3.63, 3.8) is 0 Å². The van der Waals surface area contributed by atoms with Gasteiger partial charge in [-0.25, -0.2) is 0 Å². The number of nitrogens with two attached hydrogens (primary N) is 1. The first kappa shape index (κ1) is 14.7. The van der Waals surface area contributed by atoms with Crippen molar-refractivity contribution >= 4 is 12.0 Å². The molecule has 0 fully saturated rings. The summed E-state index contributed by atoms with van der Waals surface area (Å²) < 4.78 is 1.82. The zero-order valence-corrected chi connectivity index (χ0v) is 12.6. The largest absolute Gasteiger partial charge is 0.398 e. The van der Waals surface area contributed by atoms with Gasteiger partial charge in [-0.05, 0) is 30.7 Å². The number of aliphatic hydroxyl groups is 1. The first-order valence-electron chi connectivity index (χ1n) is 7.36. The summed E-state index contributed by atoms with van der Waals surface area (Å²) in [5.74, 6) is 0. The number of hydrogen-bond donors (Lipinski definition) is 2. The van der Waals surface area contributed by atoms with Gasteiger partial charge in [-0.3, -0.25) is 9.58 Å². The molecule has 0 saturated carbocycles. The summed E-state index contributed by atoms with van der Waals surface area (Å²) in [5, 5.41) is 13.2. The third-order valence-electron chi connectivity index (χ3n) is 4.19. The van der Waals surface area contributed by atoms with Gasteiger partial charge in [0.1, 0.15) is 6.29 Å². The van der Waals surface area contributed by atoms with Gasteiger partial charge < -0.3 is 15.6 Å². The zero-order valence-electron chi connectivity index (χ0n) is 12.6. The Morgan fingerprint density at radius 2 is 2.32 bits per heavy atom. The highest BCUT2D eigenvalue weighted by Gasteiger charge is 2.31. The van der Waals surface area contributed by atoms with E-state index in [2.05, 4.69) is 5.10 Å². The fourth-order valence-corrected chi connectivity index (χ4v) is 3.07. The number of benzene rings is 1. The molecule has 6 heteroatoms. The van der Waals surface area contributed by atoms with Crippen molar-refractivity contribution < 1.29 is 9.90 Å². The van der Waals surface area contributed by atoms with Crippen LogP contribution in [0.15, 0.2) is 24.5 Å². The van der Waals surface area contributed by atoms with E-state index in [-0.39, 0.29) is 12.6 Å². The molecule has 2 heterocycles. The number of aliphatic hydroxyl groups excluding tert-OH is 1. The van der Waals surface area contributed by atoms with Crippen LogP contribution >= 0.6 is 0 Å². The summed E-state index contributed by atoms with van der Waals surface area (Å²) in [6.45, 7) is 1.53. The topological polar surface area (TPSA) is 84.4 Å². The number of nitrogens with zero attached hydrogens (tertiary/aromatic N) is 3. The number of carbonyl (C=O) groups excluding carboxylic acids is 1. The Morgan fingerprint density at radius 1 is 1.50 bits per heavy atom. The molecule has 0 spiro atoms. The highest BCUT2D eigenvalue weighted by molar-refractivity contribution is 5.78. The molecule has 3 N–H and O–H groups in total. The summed E-state index contributed by atoms with van der Waals surface area (Å²) in [7, 11) is 1.92. The lowest BCUT2D eigenvalue weighted by Crippen LogP contribution is -2.17. The molecule has 0 aliphatic carbocycles. The molecule has 0 radical (unpaired) electrons. The number of rotatable bonds is 5. The minimum Gasteiger partial charge on any atom is -0.398 e. The van der Waals surface area contributed by atoms with E-state index in [0.717, 1.165) is 28.5 Å². The molecule has 1 unspecified atom stereocenters. The van der Waals surface area contributed by atoms with Crippen LogP contribution in [0.1, 0.15) is 23.6 Å². The Balaban J connectivity index is 2.01. The van der Waals surface area contributed by atoms with Gasteiger partial charge in [0.2, 0.25) is 0 Å². The van der Waals surface area contributed by atoms with E-state index < -0.39 is 0 Å². The average Bonchev–Trinajstić information content (AvgIpc) is 3.10. The third-order valence-corrected chi connectivity index (χ3v) is 4.19. The van der Waals surface area contributed by atoms with Crippen LogP contribution in [-0.4, -0.2) is 39.7 Å². The molecule has 1 aliphatic rings. The highest BCUT2D eigenvalue weighted by atomic mass is 16.3. The summed E-state index contributed by atoms with van der Waals surface area (Å²) in [5.41, 5.74) is 10.8. The number of likely N-dealkylation sites (N-methyl/N-ethyl adjacent to an activating group) is 1. The van der Waals surface area contributed by atoms with Crippen LogP contribution in [0.4, 0.5) is 5.69 Å². The van der Waals surface area contributed by atoms with E-state index in [1.165, 1.54) is 0 Å². The molecule has 22 heavy (non-hydrogen) atoms. The molecule has 1 atom stereocenters. The second-order valence-electron chi connectivity index (χ2n) is 5.66. The number of anilines is 1. The second-order valence-corrected chi connectivity index (χ2v) is 5.66. The van der Waals surface area contributed by atoms with Crippen LogP contribution in [0, 0.1) is 0 Å². The van der Waals surface area contributed by atoms with Crippen LogP contribution in [0.2, 0.25) is 0 Å². The van der Waals surface area contributed by atoms with Crippen molar-refractivity contribution in [2.45, 2.75) is 25.6 Å². The van der Waals surface area contributed by atoms with Gasteiger partial charge in [0.05, 0.1) is 12.2 Å². The number of fused-ring (bicyclic) bond motifs is 1. The van der Waals surface area contributed by atoms with Gasteiger partial charge in [0, 0.05) is 42.7 Å². The Morgan fingerprint density at radius 3 is 3.05 bits per heavy atom. The van der Waals surface area contributed by atoms with E-state index in [4.69, 9.17) is 10.8 Å². The van der Waals surface area contributed by atoms with Crippen molar-refractivity contribution in [1.82, 2.24) is 14.7 Å². The Bertz CT molecular complexity index is 695. The minimum absolute atomic E-state index is 0.151. The molecule has 1 aliphatic heterocycles. The molecule has 1 aromatic carbocycles. The van der Waals surface area contributed by atoms with Crippen molar-refractivity contribution in [3.05, 3.63) is 35.7 Å². The van der Waals surface area contributed by atoms with Gasteiger partial charge in [0.15, 0.2) is 0 Å². The lowest BCUT2D eigenvalue weighted by atomic mass is 9.95. The first-order valence-corrected chi connectivity index (χ1v) is 7.36. The van der Waals surface area contributed by atoms with Gasteiger partial charge in [0.25, 0.3) is 0 Å². The molecule has 2 aromatic rings. The number of aryl methyl sites for hydroxylation is 1. The maximum absolute atomic E-state index is 11.4. The number of aldehydes is 1. The van der Waals surface area contributed by atoms with Gasteiger partial charge in [-0.1, -0.05) is 6.07 Å². The van der Waals surface area contributed by atoms with E-state index in [1.807, 2.05) is 41.2 Å². The predicted octanol–water partition coefficient (Wildman–Crippen LogP) is 1.20. The quantitative estimate of drug-likeness (QED) is 0.640. The van der Waals surface area contributed by atoms with Crippen molar-refractivity contribution in [2.24, 2.45) is 0 Å². The lowest BCUT2D eigenvalue weighted by molar-refractivity contribution is -0.111. The Labute approximate surface area is 129 Å². The summed E-state index contributed by atoms with van der Waals surface area (Å²) >= 11 is 0. The predicted molar refractivity (Wildman–Crippen MR) is 84.1 cm³/mol. The van der Waals surface area contributed by atoms with Crippen LogP contribution in [-0.2, 0) is 17.9 Å². The number of aromatic nitrogens is 2. The summed E-state index contributed by atoms with van der Waals surface area (Å²) in [6, 6.07) is 3.57. The molecule has 0 saturated heterocycles.